The number of nitrogens with one attached hydrogen (secondary N) is 1. The minimum absolute atomic E-state index is 0.00167. The molecule has 1 aliphatic rings. The van der Waals surface area contributed by atoms with Crippen LogP contribution in [0, 0.1) is 5.92 Å². The first-order chi connectivity index (χ1) is 14.3. The van der Waals surface area contributed by atoms with E-state index in [-0.39, 0.29) is 11.8 Å². The molecule has 5 rings (SSSR count). The Balaban J connectivity index is 1.29. The van der Waals surface area contributed by atoms with Crippen molar-refractivity contribution in [1.29, 1.82) is 0 Å². The Morgan fingerprint density at radius 2 is 2.03 bits per heavy atom. The van der Waals surface area contributed by atoms with Gasteiger partial charge < -0.3 is 10.2 Å². The summed E-state index contributed by atoms with van der Waals surface area (Å²) in [6, 6.07) is 9.48. The Hall–Kier alpha value is -3.40. The Morgan fingerprint density at radius 3 is 2.86 bits per heavy atom. The number of amides is 1. The summed E-state index contributed by atoms with van der Waals surface area (Å²) in [5.74, 6) is 1.36. The Morgan fingerprint density at radius 1 is 1.14 bits per heavy atom. The van der Waals surface area contributed by atoms with Gasteiger partial charge in [-0.1, -0.05) is 6.07 Å². The van der Waals surface area contributed by atoms with Crippen LogP contribution in [0.15, 0.2) is 49.1 Å². The van der Waals surface area contributed by atoms with E-state index in [0.29, 0.717) is 18.1 Å². The zero-order valence-electron chi connectivity index (χ0n) is 15.5. The highest BCUT2D eigenvalue weighted by Gasteiger charge is 2.27. The molecule has 0 aliphatic carbocycles. The van der Waals surface area contributed by atoms with Gasteiger partial charge in [-0.05, 0) is 37.1 Å². The molecule has 4 heterocycles. The summed E-state index contributed by atoms with van der Waals surface area (Å²) in [6.07, 6.45) is 6.97. The molecule has 1 unspecified atom stereocenters. The van der Waals surface area contributed by atoms with Crippen molar-refractivity contribution in [2.75, 3.05) is 23.3 Å². The molecule has 1 amide bonds. The summed E-state index contributed by atoms with van der Waals surface area (Å²) in [5, 5.41) is 11.7. The second-order valence-corrected chi connectivity index (χ2v) is 7.46. The normalized spacial score (nSPS) is 16.8. The third-order valence-corrected chi connectivity index (χ3v) is 5.61. The lowest BCUT2D eigenvalue weighted by molar-refractivity contribution is -0.120. The smallest absolute Gasteiger partial charge is 0.229 e. The highest BCUT2D eigenvalue weighted by atomic mass is 32.1. The lowest BCUT2D eigenvalue weighted by Crippen LogP contribution is -2.41. The van der Waals surface area contributed by atoms with Gasteiger partial charge in [0.25, 0.3) is 0 Å². The molecule has 0 bridgehead atoms. The lowest BCUT2D eigenvalue weighted by atomic mass is 9.97. The Kier molecular flexibility index (Phi) is 4.60. The Bertz CT molecular complexity index is 1120. The van der Waals surface area contributed by atoms with Gasteiger partial charge in [0.15, 0.2) is 11.6 Å². The summed E-state index contributed by atoms with van der Waals surface area (Å²) < 4.78 is 10.3. The molecule has 9 nitrogen and oxygen atoms in total. The number of fused-ring (bicyclic) bond motifs is 1. The first-order valence-corrected chi connectivity index (χ1v) is 10.1. The van der Waals surface area contributed by atoms with E-state index in [1.54, 1.807) is 17.1 Å². The summed E-state index contributed by atoms with van der Waals surface area (Å²) in [6.45, 7) is 1.46. The fourth-order valence-electron chi connectivity index (χ4n) is 3.56. The molecule has 10 heteroatoms. The van der Waals surface area contributed by atoms with E-state index in [4.69, 9.17) is 0 Å². The van der Waals surface area contributed by atoms with Crippen LogP contribution in [0.2, 0.25) is 0 Å². The van der Waals surface area contributed by atoms with Gasteiger partial charge >= 0.3 is 0 Å². The fraction of sp³-hybridized carbons (Fsp3) is 0.263. The quantitative estimate of drug-likeness (QED) is 0.556. The molecule has 1 aromatic carbocycles. The molecule has 1 saturated heterocycles. The minimum Gasteiger partial charge on any atom is -0.354 e. The van der Waals surface area contributed by atoms with E-state index < -0.39 is 0 Å². The number of hydrogen-bond acceptors (Lipinski definition) is 8. The maximum absolute atomic E-state index is 12.9. The van der Waals surface area contributed by atoms with Crippen molar-refractivity contribution in [2.24, 2.45) is 5.92 Å². The molecular formula is C19H18N8OS. The van der Waals surface area contributed by atoms with Gasteiger partial charge in [0.05, 0.1) is 23.3 Å². The van der Waals surface area contributed by atoms with E-state index in [9.17, 15) is 4.79 Å². The predicted molar refractivity (Wildman–Crippen MR) is 110 cm³/mol. The minimum atomic E-state index is -0.124. The number of hydrogen-bond donors (Lipinski definition) is 1. The van der Waals surface area contributed by atoms with Crippen LogP contribution < -0.4 is 10.2 Å². The van der Waals surface area contributed by atoms with Crippen LogP contribution in [-0.4, -0.2) is 47.5 Å². The predicted octanol–water partition coefficient (Wildman–Crippen LogP) is 2.52. The first kappa shape index (κ1) is 17.7. The van der Waals surface area contributed by atoms with E-state index in [1.807, 2.05) is 36.5 Å². The largest absolute Gasteiger partial charge is 0.354 e. The molecule has 1 N–H and O–H groups in total. The summed E-state index contributed by atoms with van der Waals surface area (Å²) in [5.41, 5.74) is 2.24. The van der Waals surface area contributed by atoms with Crippen molar-refractivity contribution >= 4 is 40.2 Å². The number of benzene rings is 1. The standard InChI is InChI=1S/C19H18N8OS/c28-19(21-14-4-1-5-15-18(14)25-29-24-15)13-3-2-9-26(11-13)16-6-7-17(23-22-16)27-10-8-20-12-27/h1,4-8,10,12-13H,2-3,9,11H2,(H,21,28). The number of imidazole rings is 1. The average molecular weight is 406 g/mol. The molecule has 0 spiro atoms. The zero-order valence-corrected chi connectivity index (χ0v) is 16.3. The third kappa shape index (κ3) is 3.54. The molecule has 0 saturated carbocycles. The number of nitrogens with zero attached hydrogens (tertiary/aromatic N) is 7. The summed E-state index contributed by atoms with van der Waals surface area (Å²) in [4.78, 5) is 19.0. The van der Waals surface area contributed by atoms with Gasteiger partial charge in [-0.2, -0.15) is 8.75 Å². The molecule has 146 valence electrons. The SMILES string of the molecule is O=C(Nc1cccc2nsnc12)C1CCCN(c2ccc(-n3ccnc3)nn2)C1. The second kappa shape index (κ2) is 7.55. The molecule has 1 fully saturated rings. The monoisotopic (exact) mass is 406 g/mol. The van der Waals surface area contributed by atoms with E-state index >= 15 is 0 Å². The molecule has 3 aromatic heterocycles. The number of rotatable bonds is 4. The van der Waals surface area contributed by atoms with Gasteiger partial charge in [0, 0.05) is 25.5 Å². The lowest BCUT2D eigenvalue weighted by Gasteiger charge is -2.32. The zero-order chi connectivity index (χ0) is 19.6. The number of carbonyl (C=O) groups is 1. The fourth-order valence-corrected chi connectivity index (χ4v) is 4.11. The van der Waals surface area contributed by atoms with Crippen molar-refractivity contribution in [3.63, 3.8) is 0 Å². The average Bonchev–Trinajstić information content (AvgIpc) is 3.47. The topological polar surface area (TPSA) is 102 Å². The van der Waals surface area contributed by atoms with Crippen LogP contribution in [-0.2, 0) is 4.79 Å². The Labute approximate surface area is 170 Å². The number of aromatic nitrogens is 6. The van der Waals surface area contributed by atoms with Crippen LogP contribution in [0.4, 0.5) is 11.5 Å². The van der Waals surface area contributed by atoms with E-state index in [2.05, 4.69) is 34.1 Å². The van der Waals surface area contributed by atoms with E-state index in [1.165, 1.54) is 0 Å². The van der Waals surface area contributed by atoms with Crippen molar-refractivity contribution in [3.8, 4) is 5.82 Å². The van der Waals surface area contributed by atoms with Gasteiger partial charge in [0.2, 0.25) is 5.91 Å². The van der Waals surface area contributed by atoms with Crippen LogP contribution in [0.1, 0.15) is 12.8 Å². The van der Waals surface area contributed by atoms with Gasteiger partial charge in [-0.15, -0.1) is 10.2 Å². The van der Waals surface area contributed by atoms with Gasteiger partial charge in [-0.3, -0.25) is 9.36 Å². The first-order valence-electron chi connectivity index (χ1n) is 9.37. The van der Waals surface area contributed by atoms with Crippen LogP contribution >= 0.6 is 11.7 Å². The number of anilines is 2. The second-order valence-electron chi connectivity index (χ2n) is 6.93. The van der Waals surface area contributed by atoms with Gasteiger partial charge in [0.1, 0.15) is 17.4 Å². The molecular weight excluding hydrogens is 388 g/mol. The van der Waals surface area contributed by atoms with Crippen LogP contribution in [0.25, 0.3) is 16.9 Å². The highest BCUT2D eigenvalue weighted by Crippen LogP contribution is 2.25. The molecule has 1 atom stereocenters. The molecule has 1 aliphatic heterocycles. The highest BCUT2D eigenvalue weighted by molar-refractivity contribution is 7.00. The van der Waals surface area contributed by atoms with Crippen molar-refractivity contribution in [2.45, 2.75) is 12.8 Å². The van der Waals surface area contributed by atoms with Crippen molar-refractivity contribution in [3.05, 3.63) is 49.1 Å². The van der Waals surface area contributed by atoms with Crippen molar-refractivity contribution < 1.29 is 4.79 Å². The third-order valence-electron chi connectivity index (χ3n) is 5.07. The summed E-state index contributed by atoms with van der Waals surface area (Å²) >= 11 is 1.15. The van der Waals surface area contributed by atoms with Gasteiger partial charge in [-0.25, -0.2) is 4.98 Å². The summed E-state index contributed by atoms with van der Waals surface area (Å²) in [7, 11) is 0. The maximum atomic E-state index is 12.9. The molecule has 0 radical (unpaired) electrons. The van der Waals surface area contributed by atoms with E-state index in [0.717, 1.165) is 48.0 Å². The molecule has 29 heavy (non-hydrogen) atoms. The van der Waals surface area contributed by atoms with Crippen LogP contribution in [0.5, 0.6) is 0 Å². The molecule has 4 aromatic rings. The maximum Gasteiger partial charge on any atom is 0.229 e. The van der Waals surface area contributed by atoms with Crippen LogP contribution in [0.3, 0.4) is 0 Å². The number of carbonyl (C=O) groups excluding carboxylic acids is 1. The number of piperidine rings is 1. The van der Waals surface area contributed by atoms with Crippen molar-refractivity contribution in [1.82, 2.24) is 28.5 Å².